The average molecular weight is 267 g/mol. The summed E-state index contributed by atoms with van der Waals surface area (Å²) >= 11 is 0. The van der Waals surface area contributed by atoms with E-state index in [1.165, 1.54) is 18.9 Å². The second-order valence-corrected chi connectivity index (χ2v) is 8.24. The van der Waals surface area contributed by atoms with Crippen molar-refractivity contribution >= 4 is 9.84 Å². The number of pyridine rings is 1. The summed E-state index contributed by atoms with van der Waals surface area (Å²) in [7, 11) is -3.22. The molecule has 0 aromatic carbocycles. The Morgan fingerprint density at radius 1 is 1.22 bits per heavy atom. The molecule has 1 heterocycles. The Hall–Kier alpha value is -0.900. The first-order valence-electron chi connectivity index (χ1n) is 6.39. The third kappa shape index (κ3) is 2.44. The fraction of sp³-hybridized carbons (Fsp3) is 0.643. The van der Waals surface area contributed by atoms with Crippen molar-refractivity contribution in [2.45, 2.75) is 56.3 Å². The topological polar surface area (TPSA) is 47.0 Å². The molecule has 4 heteroatoms. The lowest BCUT2D eigenvalue weighted by Gasteiger charge is -2.33. The van der Waals surface area contributed by atoms with Crippen LogP contribution in [0.4, 0.5) is 0 Å². The molecule has 1 saturated carbocycles. The van der Waals surface area contributed by atoms with Gasteiger partial charge in [0.1, 0.15) is 0 Å². The first-order valence-corrected chi connectivity index (χ1v) is 8.29. The quantitative estimate of drug-likeness (QED) is 0.827. The van der Waals surface area contributed by atoms with Gasteiger partial charge in [-0.1, -0.05) is 27.2 Å². The van der Waals surface area contributed by atoms with E-state index < -0.39 is 9.84 Å². The Bertz CT molecular complexity index is 552. The van der Waals surface area contributed by atoms with Crippen LogP contribution >= 0.6 is 0 Å². The molecule has 0 spiro atoms. The number of sulfone groups is 1. The maximum absolute atomic E-state index is 11.9. The summed E-state index contributed by atoms with van der Waals surface area (Å²) in [6, 6.07) is 0. The smallest absolute Gasteiger partial charge is 0.177 e. The molecule has 18 heavy (non-hydrogen) atoms. The van der Waals surface area contributed by atoms with Crippen molar-refractivity contribution in [2.24, 2.45) is 0 Å². The third-order valence-electron chi connectivity index (χ3n) is 3.63. The lowest BCUT2D eigenvalue weighted by molar-refractivity contribution is 0.406. The van der Waals surface area contributed by atoms with E-state index in [0.717, 1.165) is 24.0 Å². The molecule has 1 fully saturated rings. The predicted octanol–water partition coefficient (Wildman–Crippen LogP) is 3.05. The first-order chi connectivity index (χ1) is 8.21. The van der Waals surface area contributed by atoms with Crippen molar-refractivity contribution in [3.63, 3.8) is 0 Å². The van der Waals surface area contributed by atoms with E-state index >= 15 is 0 Å². The van der Waals surface area contributed by atoms with E-state index in [9.17, 15) is 8.42 Å². The molecule has 0 saturated heterocycles. The highest BCUT2D eigenvalue weighted by molar-refractivity contribution is 7.90. The summed E-state index contributed by atoms with van der Waals surface area (Å²) in [5.41, 5.74) is 1.92. The summed E-state index contributed by atoms with van der Waals surface area (Å²) in [6.07, 6.45) is 8.16. The van der Waals surface area contributed by atoms with Crippen LogP contribution in [0.3, 0.4) is 0 Å². The number of nitrogens with zero attached hydrogens (tertiary/aromatic N) is 1. The standard InChI is InChI=1S/C14H21NO2S/c1-14(2,3)13-11(10-6-5-7-10)8-15-9-12(13)18(4,16)17/h8-10H,5-7H2,1-4H3. The second kappa shape index (κ2) is 4.34. The highest BCUT2D eigenvalue weighted by Gasteiger charge is 2.31. The van der Waals surface area contributed by atoms with Crippen molar-refractivity contribution in [3.8, 4) is 0 Å². The molecular weight excluding hydrogens is 246 g/mol. The van der Waals surface area contributed by atoms with E-state index in [-0.39, 0.29) is 5.41 Å². The van der Waals surface area contributed by atoms with Crippen LogP contribution in [-0.2, 0) is 15.3 Å². The van der Waals surface area contributed by atoms with Crippen molar-refractivity contribution in [1.29, 1.82) is 0 Å². The Kier molecular flexibility index (Phi) is 3.26. The van der Waals surface area contributed by atoms with Crippen LogP contribution < -0.4 is 0 Å². The average Bonchev–Trinajstić information content (AvgIpc) is 2.11. The van der Waals surface area contributed by atoms with Gasteiger partial charge in [-0.15, -0.1) is 0 Å². The van der Waals surface area contributed by atoms with Crippen LogP contribution in [0.5, 0.6) is 0 Å². The van der Waals surface area contributed by atoms with Crippen LogP contribution in [0.2, 0.25) is 0 Å². The molecular formula is C14H21NO2S. The number of hydrogen-bond donors (Lipinski definition) is 0. The van der Waals surface area contributed by atoms with Crippen LogP contribution in [0, 0.1) is 0 Å². The Morgan fingerprint density at radius 2 is 1.83 bits per heavy atom. The van der Waals surface area contributed by atoms with Crippen molar-refractivity contribution in [3.05, 3.63) is 23.5 Å². The van der Waals surface area contributed by atoms with Gasteiger partial charge in [0.15, 0.2) is 9.84 Å². The molecule has 3 nitrogen and oxygen atoms in total. The monoisotopic (exact) mass is 267 g/mol. The van der Waals surface area contributed by atoms with E-state index in [1.54, 1.807) is 0 Å². The Balaban J connectivity index is 2.68. The van der Waals surface area contributed by atoms with Crippen LogP contribution in [-0.4, -0.2) is 19.7 Å². The fourth-order valence-corrected chi connectivity index (χ4v) is 3.62. The summed E-state index contributed by atoms with van der Waals surface area (Å²) < 4.78 is 23.9. The first kappa shape index (κ1) is 13.5. The van der Waals surface area contributed by atoms with Gasteiger partial charge in [0, 0.05) is 18.6 Å². The fourth-order valence-electron chi connectivity index (χ4n) is 2.57. The van der Waals surface area contributed by atoms with E-state index in [2.05, 4.69) is 25.8 Å². The number of hydrogen-bond acceptors (Lipinski definition) is 3. The second-order valence-electron chi connectivity index (χ2n) is 6.25. The largest absolute Gasteiger partial charge is 0.263 e. The van der Waals surface area contributed by atoms with Gasteiger partial charge in [-0.25, -0.2) is 8.42 Å². The van der Waals surface area contributed by atoms with Crippen molar-refractivity contribution in [2.75, 3.05) is 6.26 Å². The molecule has 100 valence electrons. The van der Waals surface area contributed by atoms with Gasteiger partial charge in [0.25, 0.3) is 0 Å². The molecule has 0 radical (unpaired) electrons. The molecule has 2 rings (SSSR count). The molecule has 0 unspecified atom stereocenters. The summed E-state index contributed by atoms with van der Waals surface area (Å²) in [5.74, 6) is 0.494. The van der Waals surface area contributed by atoms with Crippen LogP contribution in [0.1, 0.15) is 57.1 Å². The molecule has 1 aromatic rings. The SMILES string of the molecule is CC(C)(C)c1c(C2CCC2)cncc1S(C)(=O)=O. The lowest BCUT2D eigenvalue weighted by atomic mass is 9.74. The lowest BCUT2D eigenvalue weighted by Crippen LogP contribution is -2.23. The van der Waals surface area contributed by atoms with Gasteiger partial charge in [0.2, 0.25) is 0 Å². The molecule has 0 bridgehead atoms. The molecule has 0 N–H and O–H groups in total. The maximum atomic E-state index is 11.9. The molecule has 0 atom stereocenters. The van der Waals surface area contributed by atoms with Gasteiger partial charge >= 0.3 is 0 Å². The van der Waals surface area contributed by atoms with Gasteiger partial charge in [-0.3, -0.25) is 4.98 Å². The zero-order valence-electron chi connectivity index (χ0n) is 11.5. The summed E-state index contributed by atoms with van der Waals surface area (Å²) in [6.45, 7) is 6.21. The van der Waals surface area contributed by atoms with E-state index in [4.69, 9.17) is 0 Å². The molecule has 1 aromatic heterocycles. The predicted molar refractivity (Wildman–Crippen MR) is 72.6 cm³/mol. The highest BCUT2D eigenvalue weighted by atomic mass is 32.2. The van der Waals surface area contributed by atoms with Gasteiger partial charge in [-0.05, 0) is 35.3 Å². The van der Waals surface area contributed by atoms with E-state index in [1.807, 2.05) is 6.20 Å². The number of aromatic nitrogens is 1. The van der Waals surface area contributed by atoms with Crippen molar-refractivity contribution in [1.82, 2.24) is 4.98 Å². The van der Waals surface area contributed by atoms with Crippen LogP contribution in [0.15, 0.2) is 17.3 Å². The Morgan fingerprint density at radius 3 is 2.22 bits per heavy atom. The van der Waals surface area contributed by atoms with Gasteiger partial charge < -0.3 is 0 Å². The summed E-state index contributed by atoms with van der Waals surface area (Å²) in [4.78, 5) is 4.55. The summed E-state index contributed by atoms with van der Waals surface area (Å²) in [5, 5.41) is 0. The zero-order valence-corrected chi connectivity index (χ0v) is 12.3. The molecule has 0 amide bonds. The molecule has 0 aliphatic heterocycles. The molecule has 1 aliphatic rings. The van der Waals surface area contributed by atoms with E-state index in [0.29, 0.717) is 10.8 Å². The number of rotatable bonds is 2. The molecule has 1 aliphatic carbocycles. The minimum Gasteiger partial charge on any atom is -0.263 e. The van der Waals surface area contributed by atoms with Crippen molar-refractivity contribution < 1.29 is 8.42 Å². The highest BCUT2D eigenvalue weighted by Crippen LogP contribution is 2.42. The minimum atomic E-state index is -3.22. The van der Waals surface area contributed by atoms with Crippen LogP contribution in [0.25, 0.3) is 0 Å². The van der Waals surface area contributed by atoms with Gasteiger partial charge in [-0.2, -0.15) is 0 Å². The third-order valence-corrected chi connectivity index (χ3v) is 4.74. The van der Waals surface area contributed by atoms with Gasteiger partial charge in [0.05, 0.1) is 4.90 Å². The zero-order chi connectivity index (χ0) is 13.6. The normalized spacial score (nSPS) is 17.6. The minimum absolute atomic E-state index is 0.174. The Labute approximate surface area is 110 Å². The maximum Gasteiger partial charge on any atom is 0.177 e.